The van der Waals surface area contributed by atoms with E-state index in [0.29, 0.717) is 28.5 Å². The third-order valence-electron chi connectivity index (χ3n) is 4.61. The maximum atomic E-state index is 13.1. The van der Waals surface area contributed by atoms with Crippen LogP contribution in [0.5, 0.6) is 5.75 Å². The van der Waals surface area contributed by atoms with Gasteiger partial charge in [0.05, 0.1) is 18.4 Å². The molecule has 156 valence electrons. The lowest BCUT2D eigenvalue weighted by atomic mass is 10.1. The third kappa shape index (κ3) is 4.37. The van der Waals surface area contributed by atoms with E-state index in [4.69, 9.17) is 4.74 Å². The van der Waals surface area contributed by atoms with Crippen LogP contribution in [0.4, 0.5) is 5.95 Å². The monoisotopic (exact) mass is 414 g/mol. The van der Waals surface area contributed by atoms with Gasteiger partial charge in [0, 0.05) is 23.1 Å². The highest BCUT2D eigenvalue weighted by atomic mass is 16.5. The van der Waals surface area contributed by atoms with Crippen molar-refractivity contribution in [2.24, 2.45) is 0 Å². The number of para-hydroxylation sites is 2. The highest BCUT2D eigenvalue weighted by Gasteiger charge is 2.21. The Morgan fingerprint density at radius 3 is 2.35 bits per heavy atom. The van der Waals surface area contributed by atoms with E-state index in [9.17, 15) is 4.79 Å². The van der Waals surface area contributed by atoms with Crippen LogP contribution in [-0.2, 0) is 0 Å². The molecule has 31 heavy (non-hydrogen) atoms. The third-order valence-corrected chi connectivity index (χ3v) is 4.61. The molecule has 0 radical (unpaired) electrons. The second-order valence-electron chi connectivity index (χ2n) is 6.93. The lowest BCUT2D eigenvalue weighted by Crippen LogP contribution is -2.30. The first-order valence-corrected chi connectivity index (χ1v) is 9.72. The van der Waals surface area contributed by atoms with Crippen LogP contribution in [0.3, 0.4) is 0 Å². The zero-order chi connectivity index (χ0) is 21.8. The molecule has 0 atom stereocenters. The maximum Gasteiger partial charge on any atom is 0.273 e. The lowest BCUT2D eigenvalue weighted by Gasteiger charge is -2.10. The fourth-order valence-corrected chi connectivity index (χ4v) is 3.25. The van der Waals surface area contributed by atoms with Crippen LogP contribution in [0.15, 0.2) is 66.9 Å². The van der Waals surface area contributed by atoms with Crippen molar-refractivity contribution in [1.29, 1.82) is 0 Å². The first-order valence-electron chi connectivity index (χ1n) is 9.72. The first-order chi connectivity index (χ1) is 15.0. The fraction of sp³-hybridized carbons (Fsp3) is 0.130. The Morgan fingerprint density at radius 2 is 1.65 bits per heavy atom. The molecule has 0 aliphatic carbocycles. The van der Waals surface area contributed by atoms with E-state index in [2.05, 4.69) is 25.9 Å². The highest BCUT2D eigenvalue weighted by Crippen LogP contribution is 2.31. The number of carbonyl (C=O) groups excluding carboxylic acids is 1. The van der Waals surface area contributed by atoms with E-state index in [0.717, 1.165) is 17.1 Å². The van der Waals surface area contributed by atoms with E-state index in [1.165, 1.54) is 0 Å². The molecule has 0 fully saturated rings. The molecule has 0 unspecified atom stereocenters. The average molecular weight is 414 g/mol. The van der Waals surface area contributed by atoms with Crippen LogP contribution in [0.2, 0.25) is 0 Å². The summed E-state index contributed by atoms with van der Waals surface area (Å²) in [5, 5.41) is 4.68. The van der Waals surface area contributed by atoms with Crippen molar-refractivity contribution in [3.05, 3.63) is 83.8 Å². The van der Waals surface area contributed by atoms with Gasteiger partial charge >= 0.3 is 0 Å². The second kappa shape index (κ2) is 8.66. The molecule has 4 rings (SSSR count). The van der Waals surface area contributed by atoms with Gasteiger partial charge in [-0.25, -0.2) is 14.6 Å². The summed E-state index contributed by atoms with van der Waals surface area (Å²) in [6.45, 7) is 3.73. The quantitative estimate of drug-likeness (QED) is 0.467. The largest absolute Gasteiger partial charge is 0.496 e. The molecular weight excluding hydrogens is 392 g/mol. The van der Waals surface area contributed by atoms with Crippen molar-refractivity contribution in [2.45, 2.75) is 13.8 Å². The molecule has 0 aliphatic heterocycles. The van der Waals surface area contributed by atoms with Crippen molar-refractivity contribution in [3.63, 3.8) is 0 Å². The van der Waals surface area contributed by atoms with E-state index >= 15 is 0 Å². The number of methoxy groups -OCH3 is 1. The average Bonchev–Trinajstić information content (AvgIpc) is 3.23. The zero-order valence-corrected chi connectivity index (χ0v) is 17.5. The minimum atomic E-state index is -0.370. The predicted octanol–water partition coefficient (Wildman–Crippen LogP) is 3.71. The number of rotatable bonds is 6. The van der Waals surface area contributed by atoms with Crippen LogP contribution in [0.1, 0.15) is 21.7 Å². The number of ether oxygens (including phenoxy) is 1. The Bertz CT molecular complexity index is 1200. The summed E-state index contributed by atoms with van der Waals surface area (Å²) < 4.78 is 7.16. The van der Waals surface area contributed by atoms with Crippen LogP contribution in [-0.4, -0.2) is 32.8 Å². The van der Waals surface area contributed by atoms with E-state index < -0.39 is 0 Å². The Labute approximate surface area is 179 Å². The number of hydrogen-bond donors (Lipinski definition) is 2. The Kier molecular flexibility index (Phi) is 5.61. The van der Waals surface area contributed by atoms with Crippen molar-refractivity contribution >= 4 is 11.9 Å². The number of amides is 1. The number of carbonyl (C=O) groups is 1. The minimum absolute atomic E-state index is 0.320. The molecule has 0 bridgehead atoms. The van der Waals surface area contributed by atoms with Crippen LogP contribution >= 0.6 is 0 Å². The van der Waals surface area contributed by atoms with Gasteiger partial charge in [0.2, 0.25) is 5.95 Å². The number of nitrogens with zero attached hydrogens (tertiary/aromatic N) is 4. The van der Waals surface area contributed by atoms with E-state index in [1.807, 2.05) is 74.5 Å². The summed E-state index contributed by atoms with van der Waals surface area (Å²) in [4.78, 5) is 21.7. The number of anilines is 1. The van der Waals surface area contributed by atoms with Gasteiger partial charge in [0.1, 0.15) is 11.4 Å². The lowest BCUT2D eigenvalue weighted by molar-refractivity contribution is 0.0963. The first kappa shape index (κ1) is 20.1. The number of benzene rings is 2. The van der Waals surface area contributed by atoms with Gasteiger partial charge in [-0.3, -0.25) is 15.6 Å². The van der Waals surface area contributed by atoms with Crippen molar-refractivity contribution in [1.82, 2.24) is 25.2 Å². The molecule has 2 N–H and O–H groups in total. The summed E-state index contributed by atoms with van der Waals surface area (Å²) in [6, 6.07) is 18.9. The SMILES string of the molecule is COc1ccccc1-c1nn(-c2ccccc2)cc1C(=O)NNc1nc(C)cc(C)n1. The summed E-state index contributed by atoms with van der Waals surface area (Å²) in [6.07, 6.45) is 1.69. The number of aromatic nitrogens is 4. The molecule has 2 heterocycles. The smallest absolute Gasteiger partial charge is 0.273 e. The molecule has 0 saturated carbocycles. The van der Waals surface area contributed by atoms with Crippen LogP contribution < -0.4 is 15.6 Å². The molecular formula is C23H22N6O2. The second-order valence-corrected chi connectivity index (χ2v) is 6.93. The molecule has 0 aliphatic rings. The number of hydrogen-bond acceptors (Lipinski definition) is 6. The van der Waals surface area contributed by atoms with Gasteiger partial charge in [-0.15, -0.1) is 0 Å². The van der Waals surface area contributed by atoms with Crippen molar-refractivity contribution in [2.75, 3.05) is 12.5 Å². The van der Waals surface area contributed by atoms with Gasteiger partial charge in [-0.2, -0.15) is 5.10 Å². The normalized spacial score (nSPS) is 10.5. The van der Waals surface area contributed by atoms with Gasteiger partial charge in [-0.05, 0) is 44.2 Å². The molecule has 1 amide bonds. The molecule has 2 aromatic heterocycles. The molecule has 0 saturated heterocycles. The van der Waals surface area contributed by atoms with E-state index in [1.54, 1.807) is 18.0 Å². The standard InChI is InChI=1S/C23H22N6O2/c1-15-13-16(2)25-23(24-15)27-26-22(30)19-14-29(17-9-5-4-6-10-17)28-21(19)18-11-7-8-12-20(18)31-3/h4-14H,1-3H3,(H,26,30)(H,24,25,27). The molecule has 2 aromatic carbocycles. The van der Waals surface area contributed by atoms with Crippen molar-refractivity contribution < 1.29 is 9.53 Å². The highest BCUT2D eigenvalue weighted by molar-refractivity contribution is 6.01. The number of hydrazine groups is 1. The summed E-state index contributed by atoms with van der Waals surface area (Å²) in [7, 11) is 1.59. The number of nitrogens with one attached hydrogen (secondary N) is 2. The Morgan fingerprint density at radius 1 is 0.968 bits per heavy atom. The van der Waals surface area contributed by atoms with E-state index in [-0.39, 0.29) is 5.91 Å². The maximum absolute atomic E-state index is 13.1. The Balaban J connectivity index is 1.71. The fourth-order valence-electron chi connectivity index (χ4n) is 3.25. The summed E-state index contributed by atoms with van der Waals surface area (Å²) >= 11 is 0. The molecule has 8 nitrogen and oxygen atoms in total. The van der Waals surface area contributed by atoms with Crippen molar-refractivity contribution in [3.8, 4) is 22.7 Å². The summed E-state index contributed by atoms with van der Waals surface area (Å²) in [5.41, 5.74) is 9.50. The van der Waals surface area contributed by atoms with Crippen LogP contribution in [0, 0.1) is 13.8 Å². The van der Waals surface area contributed by atoms with Gasteiger partial charge in [0.25, 0.3) is 5.91 Å². The minimum Gasteiger partial charge on any atom is -0.496 e. The van der Waals surface area contributed by atoms with Gasteiger partial charge in [-0.1, -0.05) is 30.3 Å². The van der Waals surface area contributed by atoms with Gasteiger partial charge in [0.15, 0.2) is 0 Å². The summed E-state index contributed by atoms with van der Waals surface area (Å²) in [5.74, 6) is 0.575. The predicted molar refractivity (Wildman–Crippen MR) is 118 cm³/mol. The van der Waals surface area contributed by atoms with Crippen LogP contribution in [0.25, 0.3) is 16.9 Å². The topological polar surface area (TPSA) is 94.0 Å². The number of aryl methyl sites for hydroxylation is 2. The molecule has 8 heteroatoms. The Hall–Kier alpha value is -4.20. The molecule has 0 spiro atoms. The molecule has 4 aromatic rings. The zero-order valence-electron chi connectivity index (χ0n) is 17.5. The van der Waals surface area contributed by atoms with Gasteiger partial charge < -0.3 is 4.74 Å².